The molecule has 0 amide bonds. The molecule has 10 heteroatoms. The van der Waals surface area contributed by atoms with Crippen molar-refractivity contribution in [1.29, 1.82) is 0 Å². The molecular formula is C100H54N8O2. The average molecular weight is 1400 g/mol. The van der Waals surface area contributed by atoms with Gasteiger partial charge in [0.1, 0.15) is 27.9 Å². The van der Waals surface area contributed by atoms with Gasteiger partial charge < -0.3 is 22.2 Å². The minimum atomic E-state index is 0.619. The maximum Gasteiger partial charge on any atom is 0.197 e. The lowest BCUT2D eigenvalue weighted by molar-refractivity contribution is 0.662. The van der Waals surface area contributed by atoms with E-state index >= 15 is 0 Å². The van der Waals surface area contributed by atoms with Gasteiger partial charge in [0.15, 0.2) is 28.6 Å². The monoisotopic (exact) mass is 1400 g/mol. The number of rotatable bonds is 7. The zero-order chi connectivity index (χ0) is 71.3. The first kappa shape index (κ1) is 58.3. The Hall–Kier alpha value is -15.0. The van der Waals surface area contributed by atoms with E-state index in [0.717, 1.165) is 127 Å². The van der Waals surface area contributed by atoms with Crippen molar-refractivity contribution in [3.63, 3.8) is 0 Å². The van der Waals surface area contributed by atoms with Crippen molar-refractivity contribution >= 4 is 185 Å². The highest BCUT2D eigenvalue weighted by atomic mass is 16.3. The summed E-state index contributed by atoms with van der Waals surface area (Å²) in [6.45, 7) is 0. The fraction of sp³-hybridized carbons (Fsp3) is 0. The summed E-state index contributed by atoms with van der Waals surface area (Å²) in [5, 5.41) is 21.1. The molecule has 10 nitrogen and oxygen atoms in total. The largest absolute Gasteiger partial charge is 0.452 e. The summed E-state index contributed by atoms with van der Waals surface area (Å²) in [6, 6.07) is 118. The van der Waals surface area contributed by atoms with Crippen LogP contribution in [-0.2, 0) is 0 Å². The standard InChI is InChI=1S/C100H54N8O2/c1-2-21-59(22-3-1)99-103-91-71-31-12-17-36-84(71)110-97(91)100(104-99)108-82-54-75-68-28-9-14-33-78(68)107-80-50-45-63(52-76(80)88(95(75)107)86(82)73-49-44-57-20-5-7-26-66(57)93(73)108)62-24-18-23-61(51-62)55-37-39-58(40-38-55)89-96-90(70-30-11-16-35-83(70)109-96)102-98(101-89)60-41-46-64(47-42-60)105-81-53-74-67-27-8-13-32-77(67)106-79-34-15-10-29-69(79)87(94(74)106)85(81)72-48-43-56-19-4-6-25-65(56)92(72)105/h1-54H. The molecule has 0 saturated carbocycles. The van der Waals surface area contributed by atoms with Crippen molar-refractivity contribution < 1.29 is 8.83 Å². The van der Waals surface area contributed by atoms with E-state index in [0.29, 0.717) is 28.6 Å². The van der Waals surface area contributed by atoms with E-state index in [1.165, 1.54) is 97.7 Å². The Balaban J connectivity index is 0.614. The quantitative estimate of drug-likeness (QED) is 0.158. The van der Waals surface area contributed by atoms with E-state index in [9.17, 15) is 0 Å². The second-order valence-electron chi connectivity index (χ2n) is 29.5. The van der Waals surface area contributed by atoms with Crippen molar-refractivity contribution in [3.05, 3.63) is 328 Å². The molecule has 0 fully saturated rings. The fourth-order valence-corrected chi connectivity index (χ4v) is 19.1. The highest BCUT2D eigenvalue weighted by Crippen LogP contribution is 2.52. The van der Waals surface area contributed by atoms with E-state index in [2.05, 4.69) is 297 Å². The van der Waals surface area contributed by atoms with Gasteiger partial charge in [-0.2, -0.15) is 0 Å². The molecule has 16 aromatic carbocycles. The minimum Gasteiger partial charge on any atom is -0.452 e. The van der Waals surface area contributed by atoms with Gasteiger partial charge in [-0.1, -0.05) is 231 Å². The fourth-order valence-electron chi connectivity index (χ4n) is 19.1. The number of furan rings is 2. The van der Waals surface area contributed by atoms with Gasteiger partial charge in [-0.25, -0.2) is 19.9 Å². The molecule has 0 atom stereocenters. The highest BCUT2D eigenvalue weighted by molar-refractivity contribution is 6.39. The van der Waals surface area contributed by atoms with Gasteiger partial charge in [0, 0.05) is 109 Å². The van der Waals surface area contributed by atoms with Crippen LogP contribution in [0.2, 0.25) is 0 Å². The SMILES string of the molecule is c1ccc(-c2nc(-n3c4cc5c6ccccc6n6c7ccc(-c8cccc(-c9ccc(-c%10nc(-c%11ccc(-n%12c%13cc%14c%15ccccc%15n%15c%16ccccc%16c(c%13c%13ccc%16ccccc%16c%13%12)c%14%15)cc%11)nc%11c%10oc%10ccccc%10%11)cc9)c8)cc7c(c4c4ccc7ccccc7c43)c56)c3oc4ccccc4c3n2)cc1. The van der Waals surface area contributed by atoms with Gasteiger partial charge >= 0.3 is 0 Å². The molecule has 0 N–H and O–H groups in total. The van der Waals surface area contributed by atoms with Crippen molar-refractivity contribution in [2.45, 2.75) is 0 Å². The lowest BCUT2D eigenvalue weighted by Gasteiger charge is -2.12. The van der Waals surface area contributed by atoms with Crippen LogP contribution in [0.4, 0.5) is 0 Å². The second-order valence-corrected chi connectivity index (χ2v) is 29.5. The normalized spacial score (nSPS) is 12.5. The third-order valence-electron chi connectivity index (χ3n) is 23.8. The molecule has 110 heavy (non-hydrogen) atoms. The van der Waals surface area contributed by atoms with E-state index in [-0.39, 0.29) is 0 Å². The molecular weight excluding hydrogens is 1350 g/mol. The molecule has 0 aliphatic carbocycles. The number of hydrogen-bond donors (Lipinski definition) is 0. The van der Waals surface area contributed by atoms with Crippen LogP contribution < -0.4 is 0 Å². The third-order valence-corrected chi connectivity index (χ3v) is 23.8. The first-order valence-corrected chi connectivity index (χ1v) is 37.4. The number of nitrogens with zero attached hydrogens (tertiary/aromatic N) is 8. The summed E-state index contributed by atoms with van der Waals surface area (Å²) in [4.78, 5) is 21.7. The second kappa shape index (κ2) is 21.4. The summed E-state index contributed by atoms with van der Waals surface area (Å²) in [5.74, 6) is 1.94. The predicted octanol–water partition coefficient (Wildman–Crippen LogP) is 26.2. The summed E-state index contributed by atoms with van der Waals surface area (Å²) >= 11 is 0. The highest BCUT2D eigenvalue weighted by Gasteiger charge is 2.31. The molecule has 506 valence electrons. The molecule has 0 unspecified atom stereocenters. The smallest absolute Gasteiger partial charge is 0.197 e. The van der Waals surface area contributed by atoms with Crippen LogP contribution >= 0.6 is 0 Å². The van der Waals surface area contributed by atoms with Gasteiger partial charge in [0.2, 0.25) is 0 Å². The van der Waals surface area contributed by atoms with Crippen LogP contribution in [0.25, 0.3) is 253 Å². The number of benzene rings is 16. The summed E-state index contributed by atoms with van der Waals surface area (Å²) < 4.78 is 23.6. The topological polar surface area (TPSA) is 96.5 Å². The van der Waals surface area contributed by atoms with Crippen LogP contribution in [0.5, 0.6) is 0 Å². The Morgan fingerprint density at radius 2 is 0.673 bits per heavy atom. The van der Waals surface area contributed by atoms with E-state index in [1.54, 1.807) is 0 Å². The van der Waals surface area contributed by atoms with Crippen molar-refractivity contribution in [2.75, 3.05) is 0 Å². The van der Waals surface area contributed by atoms with E-state index in [4.69, 9.17) is 28.8 Å². The average Bonchev–Trinajstić information content (AvgIpc) is 1.52. The molecule has 10 heterocycles. The van der Waals surface area contributed by atoms with E-state index < -0.39 is 0 Å². The van der Waals surface area contributed by atoms with Gasteiger partial charge in [-0.05, 0) is 130 Å². The lowest BCUT2D eigenvalue weighted by Crippen LogP contribution is -2.02. The summed E-state index contributed by atoms with van der Waals surface area (Å²) in [6.07, 6.45) is 0. The van der Waals surface area contributed by atoms with Gasteiger partial charge in [0.05, 0.1) is 55.2 Å². The van der Waals surface area contributed by atoms with Gasteiger partial charge in [-0.15, -0.1) is 0 Å². The molecule has 0 spiro atoms. The number of fused-ring (bicyclic) bond motifs is 30. The number of aromatic nitrogens is 8. The van der Waals surface area contributed by atoms with Gasteiger partial charge in [-0.3, -0.25) is 4.57 Å². The zero-order valence-electron chi connectivity index (χ0n) is 58.6. The molecule has 0 bridgehead atoms. The van der Waals surface area contributed by atoms with Crippen LogP contribution in [0.1, 0.15) is 0 Å². The molecule has 0 aliphatic rings. The maximum atomic E-state index is 6.95. The zero-order valence-corrected chi connectivity index (χ0v) is 58.6. The first-order chi connectivity index (χ1) is 54.6. The molecule has 10 aromatic heterocycles. The Bertz CT molecular complexity index is 8530. The van der Waals surface area contributed by atoms with E-state index in [1.807, 2.05) is 48.5 Å². The van der Waals surface area contributed by atoms with Crippen LogP contribution in [0.3, 0.4) is 0 Å². The Morgan fingerprint density at radius 1 is 0.227 bits per heavy atom. The van der Waals surface area contributed by atoms with Crippen molar-refractivity contribution in [2.24, 2.45) is 0 Å². The van der Waals surface area contributed by atoms with Crippen LogP contribution in [0, 0.1) is 0 Å². The molecule has 26 aromatic rings. The Kier molecular flexibility index (Phi) is 11.3. The summed E-state index contributed by atoms with van der Waals surface area (Å²) in [7, 11) is 0. The number of hydrogen-bond acceptors (Lipinski definition) is 6. The van der Waals surface area contributed by atoms with Crippen LogP contribution in [0.15, 0.2) is 336 Å². The number of para-hydroxylation sites is 5. The Labute approximate surface area is 623 Å². The lowest BCUT2D eigenvalue weighted by atomic mass is 9.96. The Morgan fingerprint density at radius 3 is 1.32 bits per heavy atom. The molecule has 0 radical (unpaired) electrons. The molecule has 0 aliphatic heterocycles. The van der Waals surface area contributed by atoms with Gasteiger partial charge in [0.25, 0.3) is 0 Å². The molecule has 0 saturated heterocycles. The van der Waals surface area contributed by atoms with Crippen molar-refractivity contribution in [3.8, 4) is 67.8 Å². The first-order valence-electron chi connectivity index (χ1n) is 37.4. The minimum absolute atomic E-state index is 0.619. The molecule has 26 rings (SSSR count). The maximum absolute atomic E-state index is 6.95. The predicted molar refractivity (Wildman–Crippen MR) is 452 cm³/mol. The third kappa shape index (κ3) is 7.74. The summed E-state index contributed by atoms with van der Waals surface area (Å²) in [5.41, 5.74) is 25.0. The van der Waals surface area contributed by atoms with Crippen LogP contribution in [-0.4, -0.2) is 37.9 Å². The van der Waals surface area contributed by atoms with Crippen molar-refractivity contribution in [1.82, 2.24) is 37.9 Å².